The van der Waals surface area contributed by atoms with Gasteiger partial charge in [-0.25, -0.2) is 17.6 Å². The predicted octanol–water partition coefficient (Wildman–Crippen LogP) is 7.55. The van der Waals surface area contributed by atoms with Gasteiger partial charge in [-0.05, 0) is 98.1 Å². The van der Waals surface area contributed by atoms with Crippen molar-refractivity contribution in [2.45, 2.75) is 71.1 Å². The van der Waals surface area contributed by atoms with Crippen LogP contribution in [0.15, 0.2) is 106 Å². The molecule has 3 aromatic carbocycles. The molecule has 2 unspecified atom stereocenters. The van der Waals surface area contributed by atoms with E-state index in [4.69, 9.17) is 5.11 Å². The molecule has 2 atom stereocenters. The normalized spacial score (nSPS) is 26.7. The smallest absolute Gasteiger partial charge is 0.378 e. The van der Waals surface area contributed by atoms with Crippen LogP contribution in [0, 0.1) is 29.1 Å². The van der Waals surface area contributed by atoms with Gasteiger partial charge < -0.3 is 9.66 Å². The number of hydrogen-bond acceptors (Lipinski definition) is 4. The number of carboxylic acid groups (broad SMARTS) is 1. The first-order chi connectivity index (χ1) is 20.3. The molecule has 7 rings (SSSR count). The lowest BCUT2D eigenvalue weighted by Gasteiger charge is -2.60. The van der Waals surface area contributed by atoms with Gasteiger partial charge in [-0.1, -0.05) is 61.5 Å². The maximum Gasteiger partial charge on any atom is 0.378 e. The van der Waals surface area contributed by atoms with Crippen LogP contribution in [0.5, 0.6) is 0 Å². The van der Waals surface area contributed by atoms with E-state index in [2.05, 4.69) is 91.0 Å². The van der Waals surface area contributed by atoms with Gasteiger partial charge >= 0.3 is 11.2 Å². The fourth-order valence-corrected chi connectivity index (χ4v) is 10.7. The van der Waals surface area contributed by atoms with Crippen molar-refractivity contribution in [1.82, 2.24) is 0 Å². The summed E-state index contributed by atoms with van der Waals surface area (Å²) in [6.45, 7) is 1.03. The molecule has 10 heteroatoms. The van der Waals surface area contributed by atoms with Crippen LogP contribution in [-0.4, -0.2) is 35.0 Å². The minimum Gasteiger partial charge on any atom is -0.743 e. The number of carboxylic acids is 1. The van der Waals surface area contributed by atoms with Crippen LogP contribution in [0.25, 0.3) is 0 Å². The standard InChI is InChI=1S/C18H15S.C15H21F3O5S/c1-4-10-16(11-5-1)19(17-12-6-2-7-13-17)18-14-8-3-9-15-18;1-8(14(16,12(19)20)15(17,18)24(21,22)23)13-5-9-2-10(6-13)4-11(3-9)7-13/h1-15H;8-11H,2-7H2,1H3,(H,19,20)(H,21,22,23)/q+1;/p-1. The topological polar surface area (TPSA) is 94.5 Å². The molecule has 0 saturated heterocycles. The molecule has 0 aliphatic heterocycles. The molecule has 0 spiro atoms. The molecule has 1 N–H and O–H groups in total. The second-order valence-corrected chi connectivity index (χ2v) is 15.7. The Kier molecular flexibility index (Phi) is 8.77. The number of aliphatic carboxylic acids is 1. The van der Waals surface area contributed by atoms with Gasteiger partial charge in [0.05, 0.1) is 10.9 Å². The van der Waals surface area contributed by atoms with Gasteiger partial charge in [-0.15, -0.1) is 0 Å². The van der Waals surface area contributed by atoms with Gasteiger partial charge in [0.2, 0.25) is 0 Å². The Morgan fingerprint density at radius 3 is 1.40 bits per heavy atom. The number of halogens is 3. The van der Waals surface area contributed by atoms with Crippen molar-refractivity contribution in [3.05, 3.63) is 91.0 Å². The minimum atomic E-state index is -6.46. The highest BCUT2D eigenvalue weighted by molar-refractivity contribution is 7.97. The van der Waals surface area contributed by atoms with E-state index in [1.165, 1.54) is 14.7 Å². The molecule has 4 aliphatic carbocycles. The van der Waals surface area contributed by atoms with Gasteiger partial charge in [-0.3, -0.25) is 0 Å². The van der Waals surface area contributed by atoms with E-state index < -0.39 is 38.3 Å². The van der Waals surface area contributed by atoms with Crippen molar-refractivity contribution < 1.29 is 36.0 Å². The number of hydrogen-bond donors (Lipinski definition) is 1. The third kappa shape index (κ3) is 5.85. The zero-order valence-electron chi connectivity index (χ0n) is 23.7. The maximum atomic E-state index is 15.2. The van der Waals surface area contributed by atoms with E-state index >= 15 is 4.39 Å². The van der Waals surface area contributed by atoms with Gasteiger partial charge in [0.1, 0.15) is 0 Å². The van der Waals surface area contributed by atoms with Crippen LogP contribution in [0.4, 0.5) is 13.2 Å². The highest BCUT2D eigenvalue weighted by Crippen LogP contribution is 2.65. The van der Waals surface area contributed by atoms with E-state index in [1.807, 2.05) is 0 Å². The second-order valence-electron chi connectivity index (χ2n) is 12.2. The Balaban J connectivity index is 0.000000176. The number of benzene rings is 3. The summed E-state index contributed by atoms with van der Waals surface area (Å²) in [4.78, 5) is 15.5. The molecule has 4 bridgehead atoms. The van der Waals surface area contributed by atoms with Gasteiger partial charge in [0.25, 0.3) is 5.67 Å². The van der Waals surface area contributed by atoms with Crippen LogP contribution in [0.2, 0.25) is 0 Å². The quantitative estimate of drug-likeness (QED) is 0.204. The Labute approximate surface area is 253 Å². The van der Waals surface area contributed by atoms with Crippen LogP contribution >= 0.6 is 0 Å². The average molecular weight is 633 g/mol. The first-order valence-corrected chi connectivity index (χ1v) is 17.1. The summed E-state index contributed by atoms with van der Waals surface area (Å²) in [6.07, 6.45) is 4.01. The van der Waals surface area contributed by atoms with Crippen molar-refractivity contribution in [2.24, 2.45) is 29.1 Å². The molecule has 4 saturated carbocycles. The van der Waals surface area contributed by atoms with Crippen molar-refractivity contribution in [2.75, 3.05) is 0 Å². The number of rotatable bonds is 8. The van der Waals surface area contributed by atoms with Crippen molar-refractivity contribution in [1.29, 1.82) is 0 Å². The molecular formula is C33H35F3O5S2. The second kappa shape index (κ2) is 11.9. The summed E-state index contributed by atoms with van der Waals surface area (Å²) in [6, 6.07) is 32.2. The van der Waals surface area contributed by atoms with Gasteiger partial charge in [0, 0.05) is 5.92 Å². The van der Waals surface area contributed by atoms with Gasteiger partial charge in [-0.2, -0.15) is 8.78 Å². The van der Waals surface area contributed by atoms with Crippen LogP contribution in [0.3, 0.4) is 0 Å². The van der Waals surface area contributed by atoms with E-state index in [0.717, 1.165) is 26.2 Å². The third-order valence-corrected chi connectivity index (χ3v) is 12.7. The van der Waals surface area contributed by atoms with Crippen molar-refractivity contribution in [3.63, 3.8) is 0 Å². The molecular weight excluding hydrogens is 597 g/mol. The summed E-state index contributed by atoms with van der Waals surface area (Å²) in [5, 5.41) is 3.63. The molecule has 4 fully saturated rings. The van der Waals surface area contributed by atoms with E-state index in [1.54, 1.807) is 0 Å². The molecule has 43 heavy (non-hydrogen) atoms. The summed E-state index contributed by atoms with van der Waals surface area (Å²) in [7, 11) is -6.48. The van der Waals surface area contributed by atoms with E-state index in [-0.39, 0.29) is 28.6 Å². The molecule has 5 nitrogen and oxygen atoms in total. The highest BCUT2D eigenvalue weighted by Gasteiger charge is 2.72. The fourth-order valence-electron chi connectivity index (χ4n) is 7.95. The van der Waals surface area contributed by atoms with E-state index in [9.17, 15) is 26.5 Å². The van der Waals surface area contributed by atoms with Crippen molar-refractivity contribution in [3.8, 4) is 0 Å². The maximum absolute atomic E-state index is 15.2. The zero-order chi connectivity index (χ0) is 31.0. The van der Waals surface area contributed by atoms with Crippen LogP contribution in [-0.2, 0) is 25.8 Å². The fraction of sp³-hybridized carbons (Fsp3) is 0.424. The molecule has 0 radical (unpaired) electrons. The highest BCUT2D eigenvalue weighted by atomic mass is 32.2. The minimum absolute atomic E-state index is 0.0146. The Bertz CT molecular complexity index is 1390. The largest absolute Gasteiger partial charge is 0.743 e. The molecule has 4 aliphatic rings. The van der Waals surface area contributed by atoms with Crippen LogP contribution < -0.4 is 0 Å². The lowest BCUT2D eigenvalue weighted by atomic mass is 9.45. The number of alkyl halides is 3. The molecule has 0 aromatic heterocycles. The Morgan fingerprint density at radius 1 is 0.791 bits per heavy atom. The first-order valence-electron chi connectivity index (χ1n) is 14.4. The monoisotopic (exact) mass is 632 g/mol. The SMILES string of the molecule is CC(C12CC3CC(CC(C3)C1)C2)C(F)(C(=O)O)C(F)(F)S(=O)(=O)[O-].c1ccc([S+](c2ccccc2)c2ccccc2)cc1. The molecule has 0 amide bonds. The first kappa shape index (κ1) is 31.6. The molecule has 230 valence electrons. The molecule has 0 heterocycles. The number of carbonyl (C=O) groups is 1. The average Bonchev–Trinajstić information content (AvgIpc) is 2.97. The Morgan fingerprint density at radius 2 is 1.12 bits per heavy atom. The lowest BCUT2D eigenvalue weighted by molar-refractivity contribution is -0.201. The zero-order valence-corrected chi connectivity index (χ0v) is 25.4. The molecule has 3 aromatic rings. The summed E-state index contributed by atoms with van der Waals surface area (Å²) >= 11 is 0. The van der Waals surface area contributed by atoms with Crippen molar-refractivity contribution >= 4 is 27.0 Å². The van der Waals surface area contributed by atoms with Gasteiger partial charge in [0.15, 0.2) is 24.8 Å². The lowest BCUT2D eigenvalue weighted by Crippen LogP contribution is -2.64. The summed E-state index contributed by atoms with van der Waals surface area (Å²) in [5.41, 5.74) is -5.42. The summed E-state index contributed by atoms with van der Waals surface area (Å²) < 4.78 is 76.2. The van der Waals surface area contributed by atoms with Crippen LogP contribution in [0.1, 0.15) is 45.4 Å². The van der Waals surface area contributed by atoms with E-state index in [0.29, 0.717) is 19.3 Å². The summed E-state index contributed by atoms with van der Waals surface area (Å²) in [5.74, 6) is -3.66. The Hall–Kier alpha value is -2.82. The third-order valence-electron chi connectivity index (χ3n) is 9.59. The predicted molar refractivity (Wildman–Crippen MR) is 157 cm³/mol.